The Hall–Kier alpha value is -2.00. The van der Waals surface area contributed by atoms with E-state index in [9.17, 15) is 13.2 Å². The van der Waals surface area contributed by atoms with Gasteiger partial charge >= 0.3 is 6.18 Å². The summed E-state index contributed by atoms with van der Waals surface area (Å²) in [5.74, 6) is 2.61. The van der Waals surface area contributed by atoms with E-state index in [1.807, 2.05) is 0 Å². The van der Waals surface area contributed by atoms with Gasteiger partial charge in [0.2, 0.25) is 0 Å². The number of rotatable bonds is 10. The van der Waals surface area contributed by atoms with Gasteiger partial charge in [-0.25, -0.2) is 4.99 Å². The molecule has 0 aromatic heterocycles. The molecule has 25 heavy (non-hydrogen) atoms. The lowest BCUT2D eigenvalue weighted by atomic mass is 9.92. The quantitative estimate of drug-likeness (QED) is 0.265. The summed E-state index contributed by atoms with van der Waals surface area (Å²) in [5.41, 5.74) is 6.64. The summed E-state index contributed by atoms with van der Waals surface area (Å²) in [5, 5.41) is 2.68. The van der Waals surface area contributed by atoms with Gasteiger partial charge in [-0.05, 0) is 30.8 Å². The van der Waals surface area contributed by atoms with Crippen LogP contribution in [0.3, 0.4) is 0 Å². The summed E-state index contributed by atoms with van der Waals surface area (Å²) in [4.78, 5) is 4.15. The van der Waals surface area contributed by atoms with Crippen molar-refractivity contribution < 1.29 is 13.2 Å². The minimum absolute atomic E-state index is 0.157. The summed E-state index contributed by atoms with van der Waals surface area (Å²) < 4.78 is 36.9. The van der Waals surface area contributed by atoms with Gasteiger partial charge in [0.15, 0.2) is 0 Å². The highest BCUT2D eigenvalue weighted by Gasteiger charge is 2.25. The number of unbranched alkanes of at least 4 members (excludes halogenated alkanes) is 1. The molecule has 6 heteroatoms. The third-order valence-corrected chi connectivity index (χ3v) is 3.41. The first-order valence-corrected chi connectivity index (χ1v) is 8.36. The standard InChI is InChI=1S/C19H28F3N3/c1-4-6-11-18(23)16(9-7-13-19(20,21)22)10-8-14-25-17(5-2)12-15-24-3/h5,7-9,14,16,18,24H,2,4,6,10-11,13,23H2,1,3H3/b9-7?,14-8-,25-17+. The Morgan fingerprint density at radius 3 is 2.64 bits per heavy atom. The van der Waals surface area contributed by atoms with Crippen LogP contribution in [-0.4, -0.2) is 25.0 Å². The Labute approximate surface area is 149 Å². The van der Waals surface area contributed by atoms with Crippen molar-refractivity contribution in [3.8, 4) is 12.0 Å². The van der Waals surface area contributed by atoms with Crippen molar-refractivity contribution in [2.24, 2.45) is 16.6 Å². The monoisotopic (exact) mass is 355 g/mol. The SMILES string of the molecule is C=C/C(C#CNC)=N\C=C/CC(C=CCC(F)(F)F)C(N)CCCC. The topological polar surface area (TPSA) is 50.4 Å². The molecule has 0 bridgehead atoms. The molecule has 0 radical (unpaired) electrons. The average Bonchev–Trinajstić information content (AvgIpc) is 2.56. The molecule has 0 heterocycles. The Balaban J connectivity index is 4.88. The molecular formula is C19H28F3N3. The van der Waals surface area contributed by atoms with Gasteiger partial charge in [-0.1, -0.05) is 44.6 Å². The Bertz CT molecular complexity index is 522. The van der Waals surface area contributed by atoms with Crippen LogP contribution in [0.5, 0.6) is 0 Å². The molecule has 0 fully saturated rings. The van der Waals surface area contributed by atoms with Gasteiger partial charge in [0.05, 0.1) is 6.42 Å². The van der Waals surface area contributed by atoms with Crippen LogP contribution in [0.1, 0.15) is 39.0 Å². The Morgan fingerprint density at radius 1 is 1.36 bits per heavy atom. The molecule has 0 spiro atoms. The number of alkyl halides is 3. The van der Waals surface area contributed by atoms with Gasteiger partial charge in [0, 0.05) is 25.3 Å². The first-order valence-electron chi connectivity index (χ1n) is 8.36. The molecule has 0 aliphatic heterocycles. The van der Waals surface area contributed by atoms with Crippen LogP contribution < -0.4 is 11.1 Å². The molecule has 0 saturated heterocycles. The molecule has 0 aliphatic rings. The van der Waals surface area contributed by atoms with E-state index in [0.29, 0.717) is 12.1 Å². The third kappa shape index (κ3) is 13.0. The number of nitrogens with zero attached hydrogens (tertiary/aromatic N) is 1. The summed E-state index contributed by atoms with van der Waals surface area (Å²) in [6.07, 6.45) is 5.74. The molecule has 0 aliphatic carbocycles. The molecule has 3 N–H and O–H groups in total. The highest BCUT2D eigenvalue weighted by molar-refractivity contribution is 6.08. The Kier molecular flexibility index (Phi) is 12.2. The molecule has 2 atom stereocenters. The zero-order chi connectivity index (χ0) is 19.1. The van der Waals surface area contributed by atoms with Crippen molar-refractivity contribution in [2.45, 2.75) is 51.2 Å². The number of halogens is 3. The number of hydrogen-bond donors (Lipinski definition) is 2. The molecule has 0 saturated carbocycles. The summed E-state index contributed by atoms with van der Waals surface area (Å²) in [6.45, 7) is 5.67. The van der Waals surface area contributed by atoms with Crippen LogP contribution in [0.15, 0.2) is 42.1 Å². The number of nitrogens with one attached hydrogen (secondary N) is 1. The van der Waals surface area contributed by atoms with Crippen molar-refractivity contribution in [1.82, 2.24) is 5.32 Å². The maximum atomic E-state index is 12.3. The normalized spacial score (nSPS) is 15.0. The lowest BCUT2D eigenvalue weighted by Crippen LogP contribution is -2.28. The predicted molar refractivity (Wildman–Crippen MR) is 99.0 cm³/mol. The van der Waals surface area contributed by atoms with E-state index in [4.69, 9.17) is 5.73 Å². The number of allylic oxidation sites excluding steroid dienone is 3. The predicted octanol–water partition coefficient (Wildman–Crippen LogP) is 4.34. The lowest BCUT2D eigenvalue weighted by molar-refractivity contribution is -0.125. The van der Waals surface area contributed by atoms with Gasteiger partial charge in [0.1, 0.15) is 5.71 Å². The molecule has 2 unspecified atom stereocenters. The smallest absolute Gasteiger partial charge is 0.349 e. The van der Waals surface area contributed by atoms with E-state index < -0.39 is 12.6 Å². The van der Waals surface area contributed by atoms with E-state index >= 15 is 0 Å². The van der Waals surface area contributed by atoms with Gasteiger partial charge in [-0.3, -0.25) is 0 Å². The Morgan fingerprint density at radius 2 is 2.08 bits per heavy atom. The van der Waals surface area contributed by atoms with Gasteiger partial charge in [0.25, 0.3) is 0 Å². The largest absolute Gasteiger partial charge is 0.392 e. The van der Waals surface area contributed by atoms with Gasteiger partial charge in [-0.15, -0.1) is 0 Å². The van der Waals surface area contributed by atoms with Crippen molar-refractivity contribution in [3.63, 3.8) is 0 Å². The van der Waals surface area contributed by atoms with E-state index in [0.717, 1.165) is 25.3 Å². The van der Waals surface area contributed by atoms with Crippen LogP contribution in [0.4, 0.5) is 13.2 Å². The maximum absolute atomic E-state index is 12.3. The first kappa shape index (κ1) is 23.0. The number of aliphatic imine (C=N–C) groups is 1. The molecule has 140 valence electrons. The summed E-state index contributed by atoms with van der Waals surface area (Å²) >= 11 is 0. The van der Waals surface area contributed by atoms with Crippen molar-refractivity contribution in [2.75, 3.05) is 7.05 Å². The highest BCUT2D eigenvalue weighted by Crippen LogP contribution is 2.22. The first-order chi connectivity index (χ1) is 11.8. The van der Waals surface area contributed by atoms with Crippen molar-refractivity contribution in [3.05, 3.63) is 37.1 Å². The second kappa shape index (κ2) is 13.3. The summed E-state index contributed by atoms with van der Waals surface area (Å²) in [7, 11) is 1.69. The van der Waals surface area contributed by atoms with Crippen LogP contribution in [-0.2, 0) is 0 Å². The zero-order valence-electron chi connectivity index (χ0n) is 14.9. The molecular weight excluding hydrogens is 327 g/mol. The fraction of sp³-hybridized carbons (Fsp3) is 0.526. The molecule has 0 aromatic carbocycles. The van der Waals surface area contributed by atoms with Gasteiger partial charge < -0.3 is 11.1 Å². The van der Waals surface area contributed by atoms with E-state index in [1.54, 1.807) is 25.4 Å². The number of nitrogens with two attached hydrogens (primary N) is 1. The van der Waals surface area contributed by atoms with Crippen LogP contribution in [0.2, 0.25) is 0 Å². The number of hydrogen-bond acceptors (Lipinski definition) is 3. The van der Waals surface area contributed by atoms with Gasteiger partial charge in [-0.2, -0.15) is 13.2 Å². The van der Waals surface area contributed by atoms with Crippen molar-refractivity contribution >= 4 is 5.71 Å². The van der Waals surface area contributed by atoms with Crippen molar-refractivity contribution in [1.29, 1.82) is 0 Å². The summed E-state index contributed by atoms with van der Waals surface area (Å²) in [6, 6.07) is 2.48. The minimum Gasteiger partial charge on any atom is -0.349 e. The maximum Gasteiger partial charge on any atom is 0.392 e. The second-order valence-corrected chi connectivity index (χ2v) is 5.56. The lowest BCUT2D eigenvalue weighted by Gasteiger charge is -2.19. The molecule has 0 rings (SSSR count). The molecule has 0 aromatic rings. The fourth-order valence-electron chi connectivity index (χ4n) is 2.04. The highest BCUT2D eigenvalue weighted by atomic mass is 19.4. The molecule has 3 nitrogen and oxygen atoms in total. The van der Waals surface area contributed by atoms with E-state index in [-0.39, 0.29) is 12.0 Å². The van der Waals surface area contributed by atoms with Crippen LogP contribution in [0, 0.1) is 17.9 Å². The van der Waals surface area contributed by atoms with Crippen LogP contribution in [0.25, 0.3) is 0 Å². The van der Waals surface area contributed by atoms with E-state index in [1.165, 1.54) is 6.08 Å². The zero-order valence-corrected chi connectivity index (χ0v) is 14.9. The average molecular weight is 355 g/mol. The van der Waals surface area contributed by atoms with E-state index in [2.05, 4.69) is 35.8 Å². The second-order valence-electron chi connectivity index (χ2n) is 5.56. The fourth-order valence-corrected chi connectivity index (χ4v) is 2.04. The van der Waals surface area contributed by atoms with Crippen LogP contribution >= 0.6 is 0 Å². The third-order valence-electron chi connectivity index (χ3n) is 3.41. The minimum atomic E-state index is -4.19. The molecule has 0 amide bonds.